The summed E-state index contributed by atoms with van der Waals surface area (Å²) >= 11 is 0. The number of likely N-dealkylation sites (tertiary alicyclic amines) is 1. The summed E-state index contributed by atoms with van der Waals surface area (Å²) in [5.74, 6) is 0.355. The monoisotopic (exact) mass is 316 g/mol. The highest BCUT2D eigenvalue weighted by Crippen LogP contribution is 2.21. The maximum atomic E-state index is 13.1. The SMILES string of the molecule is CN1CCC(N(Cc2ccco2)C(=O)c2ccc(F)cc2)CC1. The minimum atomic E-state index is -0.335. The Hall–Kier alpha value is -2.14. The minimum Gasteiger partial charge on any atom is -0.467 e. The standard InChI is InChI=1S/C18H21FN2O2/c1-20-10-8-16(9-11-20)21(13-17-3-2-12-23-17)18(22)14-4-6-15(19)7-5-14/h2-7,12,16H,8-11,13H2,1H3. The molecular weight excluding hydrogens is 295 g/mol. The average molecular weight is 316 g/mol. The van der Waals surface area contributed by atoms with Gasteiger partial charge in [0.25, 0.3) is 5.91 Å². The number of hydrogen-bond acceptors (Lipinski definition) is 3. The van der Waals surface area contributed by atoms with Gasteiger partial charge in [-0.3, -0.25) is 4.79 Å². The largest absolute Gasteiger partial charge is 0.467 e. The lowest BCUT2D eigenvalue weighted by Crippen LogP contribution is -2.46. The number of furan rings is 1. The third-order valence-electron chi connectivity index (χ3n) is 4.39. The highest BCUT2D eigenvalue weighted by atomic mass is 19.1. The molecule has 2 aromatic rings. The number of piperidine rings is 1. The van der Waals surface area contributed by atoms with Crippen molar-refractivity contribution in [3.8, 4) is 0 Å². The van der Waals surface area contributed by atoms with E-state index in [0.29, 0.717) is 12.1 Å². The summed E-state index contributed by atoms with van der Waals surface area (Å²) in [6, 6.07) is 9.61. The van der Waals surface area contributed by atoms with Gasteiger partial charge in [-0.25, -0.2) is 4.39 Å². The maximum absolute atomic E-state index is 13.1. The number of hydrogen-bond donors (Lipinski definition) is 0. The van der Waals surface area contributed by atoms with Crippen molar-refractivity contribution in [3.05, 3.63) is 59.8 Å². The molecule has 1 aliphatic heterocycles. The van der Waals surface area contributed by atoms with Crippen molar-refractivity contribution >= 4 is 5.91 Å². The number of halogens is 1. The lowest BCUT2D eigenvalue weighted by molar-refractivity contribution is 0.0550. The number of carbonyl (C=O) groups is 1. The summed E-state index contributed by atoms with van der Waals surface area (Å²) in [5, 5.41) is 0. The summed E-state index contributed by atoms with van der Waals surface area (Å²) in [6.07, 6.45) is 3.48. The zero-order valence-electron chi connectivity index (χ0n) is 13.2. The van der Waals surface area contributed by atoms with Crippen LogP contribution in [-0.4, -0.2) is 41.9 Å². The zero-order chi connectivity index (χ0) is 16.2. The van der Waals surface area contributed by atoms with E-state index in [1.807, 2.05) is 17.0 Å². The summed E-state index contributed by atoms with van der Waals surface area (Å²) in [5.41, 5.74) is 0.511. The Labute approximate surface area is 135 Å². The predicted octanol–water partition coefficient (Wildman–Crippen LogP) is 3.16. The summed E-state index contributed by atoms with van der Waals surface area (Å²) < 4.78 is 18.5. The fourth-order valence-electron chi connectivity index (χ4n) is 3.00. The van der Waals surface area contributed by atoms with Crippen molar-refractivity contribution < 1.29 is 13.6 Å². The first-order valence-electron chi connectivity index (χ1n) is 7.91. The van der Waals surface area contributed by atoms with E-state index >= 15 is 0 Å². The van der Waals surface area contributed by atoms with E-state index in [9.17, 15) is 9.18 Å². The molecule has 3 rings (SSSR count). The Balaban J connectivity index is 1.81. The number of rotatable bonds is 4. The van der Waals surface area contributed by atoms with Crippen molar-refractivity contribution in [1.82, 2.24) is 9.80 Å². The second-order valence-corrected chi connectivity index (χ2v) is 6.05. The van der Waals surface area contributed by atoms with Gasteiger partial charge in [-0.1, -0.05) is 0 Å². The van der Waals surface area contributed by atoms with E-state index in [1.54, 1.807) is 18.4 Å². The van der Waals surface area contributed by atoms with Gasteiger partial charge in [0.1, 0.15) is 11.6 Å². The van der Waals surface area contributed by atoms with E-state index in [-0.39, 0.29) is 17.8 Å². The van der Waals surface area contributed by atoms with Crippen LogP contribution in [-0.2, 0) is 6.54 Å². The molecule has 1 amide bonds. The van der Waals surface area contributed by atoms with Gasteiger partial charge >= 0.3 is 0 Å². The van der Waals surface area contributed by atoms with Gasteiger partial charge in [-0.2, -0.15) is 0 Å². The molecular formula is C18H21FN2O2. The molecule has 1 aromatic heterocycles. The molecule has 1 saturated heterocycles. The Morgan fingerprint density at radius 3 is 2.57 bits per heavy atom. The molecule has 1 fully saturated rings. The van der Waals surface area contributed by atoms with Gasteiger partial charge in [0, 0.05) is 11.6 Å². The quantitative estimate of drug-likeness (QED) is 0.869. The average Bonchev–Trinajstić information content (AvgIpc) is 3.07. The smallest absolute Gasteiger partial charge is 0.254 e. The Morgan fingerprint density at radius 1 is 1.26 bits per heavy atom. The van der Waals surface area contributed by atoms with E-state index in [4.69, 9.17) is 4.42 Å². The second-order valence-electron chi connectivity index (χ2n) is 6.05. The van der Waals surface area contributed by atoms with Crippen LogP contribution in [0.1, 0.15) is 29.0 Å². The van der Waals surface area contributed by atoms with Crippen molar-refractivity contribution in [2.75, 3.05) is 20.1 Å². The van der Waals surface area contributed by atoms with Gasteiger partial charge in [0.15, 0.2) is 0 Å². The molecule has 0 bridgehead atoms. The fraction of sp³-hybridized carbons (Fsp3) is 0.389. The van der Waals surface area contributed by atoms with Crippen molar-refractivity contribution in [3.63, 3.8) is 0 Å². The minimum absolute atomic E-state index is 0.0732. The first-order valence-corrected chi connectivity index (χ1v) is 7.91. The molecule has 0 N–H and O–H groups in total. The number of amides is 1. The highest BCUT2D eigenvalue weighted by Gasteiger charge is 2.28. The van der Waals surface area contributed by atoms with Crippen LogP contribution in [0.15, 0.2) is 47.1 Å². The number of carbonyl (C=O) groups excluding carboxylic acids is 1. The van der Waals surface area contributed by atoms with Crippen molar-refractivity contribution in [2.45, 2.75) is 25.4 Å². The van der Waals surface area contributed by atoms with Gasteiger partial charge < -0.3 is 14.2 Å². The molecule has 0 atom stereocenters. The summed E-state index contributed by atoms with van der Waals surface area (Å²) in [6.45, 7) is 2.38. The molecule has 2 heterocycles. The van der Waals surface area contributed by atoms with Gasteiger partial charge in [-0.15, -0.1) is 0 Å². The molecule has 122 valence electrons. The second kappa shape index (κ2) is 6.96. The Morgan fingerprint density at radius 2 is 1.96 bits per heavy atom. The van der Waals surface area contributed by atoms with E-state index in [0.717, 1.165) is 31.7 Å². The lowest BCUT2D eigenvalue weighted by atomic mass is 10.0. The molecule has 5 heteroatoms. The molecule has 0 saturated carbocycles. The topological polar surface area (TPSA) is 36.7 Å². The summed E-state index contributed by atoms with van der Waals surface area (Å²) in [7, 11) is 2.09. The van der Waals surface area contributed by atoms with E-state index in [1.165, 1.54) is 12.1 Å². The zero-order valence-corrected chi connectivity index (χ0v) is 13.2. The molecule has 0 aliphatic carbocycles. The molecule has 23 heavy (non-hydrogen) atoms. The van der Waals surface area contributed by atoms with Crippen LogP contribution in [0.2, 0.25) is 0 Å². The van der Waals surface area contributed by atoms with Crippen molar-refractivity contribution in [1.29, 1.82) is 0 Å². The molecule has 0 unspecified atom stereocenters. The van der Waals surface area contributed by atoms with Gasteiger partial charge in [0.2, 0.25) is 0 Å². The molecule has 0 radical (unpaired) electrons. The number of benzene rings is 1. The fourth-order valence-corrected chi connectivity index (χ4v) is 3.00. The molecule has 4 nitrogen and oxygen atoms in total. The van der Waals surface area contributed by atoms with E-state index < -0.39 is 0 Å². The van der Waals surface area contributed by atoms with Crippen LogP contribution >= 0.6 is 0 Å². The van der Waals surface area contributed by atoms with Crippen LogP contribution in [0.25, 0.3) is 0 Å². The lowest BCUT2D eigenvalue weighted by Gasteiger charge is -2.37. The predicted molar refractivity (Wildman–Crippen MR) is 85.5 cm³/mol. The first-order chi connectivity index (χ1) is 11.1. The van der Waals surface area contributed by atoms with Crippen molar-refractivity contribution in [2.24, 2.45) is 0 Å². The van der Waals surface area contributed by atoms with E-state index in [2.05, 4.69) is 11.9 Å². The highest BCUT2D eigenvalue weighted by molar-refractivity contribution is 5.94. The molecule has 1 aromatic carbocycles. The normalized spacial score (nSPS) is 16.4. The summed E-state index contributed by atoms with van der Waals surface area (Å²) in [4.78, 5) is 17.0. The Kier molecular flexibility index (Phi) is 4.76. The van der Waals surface area contributed by atoms with Crippen LogP contribution in [0.5, 0.6) is 0 Å². The van der Waals surface area contributed by atoms with Crippen LogP contribution in [0, 0.1) is 5.82 Å². The molecule has 1 aliphatic rings. The van der Waals surface area contributed by atoms with Crippen LogP contribution in [0.4, 0.5) is 4.39 Å². The maximum Gasteiger partial charge on any atom is 0.254 e. The molecule has 0 spiro atoms. The third kappa shape index (κ3) is 3.79. The van der Waals surface area contributed by atoms with Gasteiger partial charge in [0.05, 0.1) is 12.8 Å². The Bertz CT molecular complexity index is 632. The first kappa shape index (κ1) is 15.7. The van der Waals surface area contributed by atoms with Crippen LogP contribution < -0.4 is 0 Å². The third-order valence-corrected chi connectivity index (χ3v) is 4.39. The van der Waals surface area contributed by atoms with Gasteiger partial charge in [-0.05, 0) is 69.4 Å². The number of nitrogens with zero attached hydrogens (tertiary/aromatic N) is 2. The van der Waals surface area contributed by atoms with Crippen LogP contribution in [0.3, 0.4) is 0 Å².